The minimum Gasteiger partial charge on any atom is -0.339 e. The second-order valence-corrected chi connectivity index (χ2v) is 22.0. The molecule has 2 N–H and O–H groups in total. The van der Waals surface area contributed by atoms with E-state index in [9.17, 15) is 19.2 Å². The Balaban J connectivity index is 0.000000159. The van der Waals surface area contributed by atoms with E-state index in [1.165, 1.54) is 24.0 Å². The molecule has 6 aromatic rings. The molecular formula is C59H72ClN13O4. The topological polar surface area (TPSA) is 169 Å². The smallest absolute Gasteiger partial charge is 0.253 e. The maximum absolute atomic E-state index is 13.0. The van der Waals surface area contributed by atoms with E-state index < -0.39 is 0 Å². The fraction of sp³-hybridized carbons (Fsp3) is 0.458. The molecule has 2 aromatic carbocycles. The molecule has 77 heavy (non-hydrogen) atoms. The van der Waals surface area contributed by atoms with Crippen LogP contribution in [0.1, 0.15) is 115 Å². The van der Waals surface area contributed by atoms with Crippen LogP contribution < -0.4 is 10.6 Å². The SMILES string of the molecule is CN1CCC(N(C)C(=O)c2ccc(Nc3nc4c(C5=CCCCC5)cccn4n3)cc2)CC1.CN1CCC(N(C)C(=O)c2ccc(Nc3nc4c(C5=CCN(C(=O)C6CC6)CC5)cccn4n3)cc2)CC1.O=C(Cl)C1CC1. The third kappa shape index (κ3) is 13.3. The molecule has 3 aliphatic heterocycles. The minimum absolute atomic E-state index is 0.0553. The summed E-state index contributed by atoms with van der Waals surface area (Å²) in [6.07, 6.45) is 22.0. The van der Waals surface area contributed by atoms with Crippen molar-refractivity contribution in [3.05, 3.63) is 120 Å². The molecular weight excluding hydrogens is 990 g/mol. The summed E-state index contributed by atoms with van der Waals surface area (Å²) in [5.74, 6) is 1.97. The van der Waals surface area contributed by atoms with Crippen LogP contribution in [0.2, 0.25) is 0 Å². The van der Waals surface area contributed by atoms with E-state index in [0.717, 1.165) is 137 Å². The van der Waals surface area contributed by atoms with E-state index >= 15 is 0 Å². The van der Waals surface area contributed by atoms with Crippen LogP contribution in [-0.4, -0.2) is 156 Å². The molecule has 3 amide bonds. The molecule has 3 aliphatic carbocycles. The molecule has 7 heterocycles. The number of pyridine rings is 2. The number of rotatable bonds is 12. The zero-order chi connectivity index (χ0) is 53.6. The number of likely N-dealkylation sites (tertiary alicyclic amines) is 2. The Bertz CT molecular complexity index is 3130. The first-order valence-corrected chi connectivity index (χ1v) is 28.0. The number of fused-ring (bicyclic) bond motifs is 2. The Morgan fingerprint density at radius 3 is 1.43 bits per heavy atom. The quantitative estimate of drug-likeness (QED) is 0.112. The number of aromatic nitrogens is 6. The van der Waals surface area contributed by atoms with E-state index in [4.69, 9.17) is 21.6 Å². The summed E-state index contributed by atoms with van der Waals surface area (Å²) in [7, 11) is 8.09. The van der Waals surface area contributed by atoms with Crippen LogP contribution >= 0.6 is 11.6 Å². The summed E-state index contributed by atoms with van der Waals surface area (Å²) in [4.78, 5) is 68.3. The highest BCUT2D eigenvalue weighted by molar-refractivity contribution is 6.64. The van der Waals surface area contributed by atoms with Gasteiger partial charge in [-0.15, -0.1) is 10.2 Å². The van der Waals surface area contributed by atoms with E-state index in [2.05, 4.69) is 69.0 Å². The Morgan fingerprint density at radius 1 is 0.571 bits per heavy atom. The lowest BCUT2D eigenvalue weighted by atomic mass is 9.94. The summed E-state index contributed by atoms with van der Waals surface area (Å²) in [6, 6.07) is 23.9. The first kappa shape index (κ1) is 53.4. The minimum atomic E-state index is -0.157. The number of amides is 3. The van der Waals surface area contributed by atoms with Crippen molar-refractivity contribution in [2.45, 2.75) is 95.6 Å². The average Bonchev–Trinajstić information content (AvgIpc) is 4.41. The van der Waals surface area contributed by atoms with Crippen molar-refractivity contribution in [1.82, 2.24) is 53.7 Å². The number of piperidine rings is 2. The maximum Gasteiger partial charge on any atom is 0.253 e. The predicted molar refractivity (Wildman–Crippen MR) is 303 cm³/mol. The van der Waals surface area contributed by atoms with Crippen LogP contribution in [0.25, 0.3) is 22.4 Å². The number of anilines is 4. The van der Waals surface area contributed by atoms with Gasteiger partial charge in [-0.25, -0.2) is 9.03 Å². The highest BCUT2D eigenvalue weighted by Gasteiger charge is 2.34. The number of nitrogens with one attached hydrogen (secondary N) is 2. The molecule has 2 saturated carbocycles. The Labute approximate surface area is 456 Å². The second-order valence-electron chi connectivity index (χ2n) is 21.6. The largest absolute Gasteiger partial charge is 0.339 e. The second kappa shape index (κ2) is 24.2. The van der Waals surface area contributed by atoms with Crippen LogP contribution in [0.5, 0.6) is 0 Å². The molecule has 6 aliphatic rings. The number of allylic oxidation sites excluding steroid dienone is 2. The molecule has 4 fully saturated rings. The number of nitrogens with zero attached hydrogens (tertiary/aromatic N) is 11. The van der Waals surface area contributed by atoms with Crippen molar-refractivity contribution in [2.24, 2.45) is 11.8 Å². The van der Waals surface area contributed by atoms with E-state index in [0.29, 0.717) is 41.5 Å². The standard InChI is InChI=1S/C29H35N7O2.C26H32N6O.C4H5ClO/c1-33-16-13-24(14-17-33)34(2)27(37)21-7-9-23(10-8-21)30-29-31-26-25(4-3-15-36(26)32-29)20-11-18-35(19-12-20)28(38)22-5-6-22;1-30-17-14-22(15-18-30)31(2)25(33)20-10-12-21(13-11-20)27-26-28-24-23(9-6-16-32(24)29-26)19-7-4-3-5-8-19;5-4(6)3-1-2-3/h3-4,7-11,15,22,24H,5-6,12-14,16-19H2,1-2H3,(H,30,32);6-7,9-13,16,22H,3-5,8,14-15,17-18H2,1-2H3,(H,27,29);3H,1-2H2. The molecule has 404 valence electrons. The lowest BCUT2D eigenvalue weighted by Gasteiger charge is -2.35. The van der Waals surface area contributed by atoms with Gasteiger partial charge >= 0.3 is 0 Å². The summed E-state index contributed by atoms with van der Waals surface area (Å²) in [6.45, 7) is 5.53. The third-order valence-electron chi connectivity index (χ3n) is 15.9. The van der Waals surface area contributed by atoms with Crippen molar-refractivity contribution < 1.29 is 19.2 Å². The van der Waals surface area contributed by atoms with Gasteiger partial charge in [0.2, 0.25) is 23.0 Å². The van der Waals surface area contributed by atoms with Gasteiger partial charge in [0.25, 0.3) is 11.8 Å². The first-order chi connectivity index (χ1) is 37.3. The van der Waals surface area contributed by atoms with Gasteiger partial charge in [-0.2, -0.15) is 9.97 Å². The molecule has 2 saturated heterocycles. The fourth-order valence-electron chi connectivity index (χ4n) is 10.7. The predicted octanol–water partition coefficient (Wildman–Crippen LogP) is 9.42. The third-order valence-corrected chi connectivity index (χ3v) is 16.3. The normalized spacial score (nSPS) is 18.5. The Morgan fingerprint density at radius 2 is 1.04 bits per heavy atom. The molecule has 0 spiro atoms. The van der Waals surface area contributed by atoms with Crippen LogP contribution in [0.15, 0.2) is 97.3 Å². The van der Waals surface area contributed by atoms with Gasteiger partial charge in [0, 0.05) is 97.1 Å². The van der Waals surface area contributed by atoms with Gasteiger partial charge < -0.3 is 35.1 Å². The number of benzene rings is 2. The van der Waals surface area contributed by atoms with Crippen LogP contribution in [0.4, 0.5) is 23.3 Å². The van der Waals surface area contributed by atoms with Crippen molar-refractivity contribution in [2.75, 3.05) is 78.1 Å². The van der Waals surface area contributed by atoms with E-state index in [1.54, 1.807) is 4.52 Å². The first-order valence-electron chi connectivity index (χ1n) is 27.6. The van der Waals surface area contributed by atoms with Crippen molar-refractivity contribution in [1.29, 1.82) is 0 Å². The summed E-state index contributed by atoms with van der Waals surface area (Å²) in [5, 5.41) is 15.6. The van der Waals surface area contributed by atoms with Gasteiger partial charge in [-0.05, 0) is 219 Å². The zero-order valence-corrected chi connectivity index (χ0v) is 45.7. The Hall–Kier alpha value is -6.95. The van der Waals surface area contributed by atoms with Crippen LogP contribution in [0.3, 0.4) is 0 Å². The number of hydrogen-bond donors (Lipinski definition) is 2. The van der Waals surface area contributed by atoms with E-state index in [-0.39, 0.29) is 34.9 Å². The monoisotopic (exact) mass is 1060 g/mol. The lowest BCUT2D eigenvalue weighted by molar-refractivity contribution is -0.132. The van der Waals surface area contributed by atoms with Crippen LogP contribution in [0, 0.1) is 11.8 Å². The van der Waals surface area contributed by atoms with Crippen LogP contribution in [-0.2, 0) is 9.59 Å². The van der Waals surface area contributed by atoms with Gasteiger partial charge in [0.15, 0.2) is 11.3 Å². The summed E-state index contributed by atoms with van der Waals surface area (Å²) in [5.41, 5.74) is 9.51. The molecule has 0 unspecified atom stereocenters. The highest BCUT2D eigenvalue weighted by Crippen LogP contribution is 2.34. The molecule has 17 nitrogen and oxygen atoms in total. The molecule has 0 radical (unpaired) electrons. The number of halogens is 1. The van der Waals surface area contributed by atoms with Gasteiger partial charge in [0.05, 0.1) is 0 Å². The van der Waals surface area contributed by atoms with Crippen molar-refractivity contribution in [3.8, 4) is 0 Å². The molecule has 4 aromatic heterocycles. The summed E-state index contributed by atoms with van der Waals surface area (Å²) >= 11 is 5.04. The molecule has 0 bridgehead atoms. The fourth-order valence-corrected chi connectivity index (χ4v) is 10.9. The summed E-state index contributed by atoms with van der Waals surface area (Å²) < 4.78 is 3.62. The maximum atomic E-state index is 13.0. The highest BCUT2D eigenvalue weighted by atomic mass is 35.5. The number of hydrogen-bond acceptors (Lipinski definition) is 12. The lowest BCUT2D eigenvalue weighted by Crippen LogP contribution is -2.44. The molecule has 12 rings (SSSR count). The number of carbonyl (C=O) groups is 4. The van der Waals surface area contributed by atoms with Crippen molar-refractivity contribution in [3.63, 3.8) is 0 Å². The molecule has 18 heteroatoms. The number of carbonyl (C=O) groups excluding carboxylic acids is 4. The van der Waals surface area contributed by atoms with Gasteiger partial charge in [0.1, 0.15) is 0 Å². The van der Waals surface area contributed by atoms with E-state index in [1.807, 2.05) is 106 Å². The average molecular weight is 1060 g/mol. The zero-order valence-electron chi connectivity index (χ0n) is 44.9. The van der Waals surface area contributed by atoms with Gasteiger partial charge in [-0.3, -0.25) is 19.2 Å². The van der Waals surface area contributed by atoms with Crippen molar-refractivity contribution >= 4 is 80.3 Å². The molecule has 0 atom stereocenters. The van der Waals surface area contributed by atoms with Gasteiger partial charge in [-0.1, -0.05) is 12.2 Å². The Kier molecular flexibility index (Phi) is 16.8.